The minimum absolute atomic E-state index is 0. The van der Waals surface area contributed by atoms with Gasteiger partial charge in [-0.2, -0.15) is 0 Å². The molecule has 0 amide bonds. The second kappa shape index (κ2) is 16.4. The summed E-state index contributed by atoms with van der Waals surface area (Å²) in [6, 6.07) is 6.69. The summed E-state index contributed by atoms with van der Waals surface area (Å²) in [5.74, 6) is 2.50. The average Bonchev–Trinajstić information content (AvgIpc) is 3.20. The predicted octanol–water partition coefficient (Wildman–Crippen LogP) is 3.31. The van der Waals surface area contributed by atoms with Gasteiger partial charge in [-0.3, -0.25) is 9.89 Å². The fourth-order valence-electron chi connectivity index (χ4n) is 3.72. The average molecular weight is 549 g/mol. The van der Waals surface area contributed by atoms with E-state index in [9.17, 15) is 0 Å². The number of rotatable bonds is 13. The Hall–Kier alpha value is -1.26. The van der Waals surface area contributed by atoms with Crippen LogP contribution in [-0.4, -0.2) is 76.6 Å². The van der Waals surface area contributed by atoms with Crippen LogP contribution in [0.4, 0.5) is 0 Å². The van der Waals surface area contributed by atoms with E-state index in [-0.39, 0.29) is 24.0 Å². The Morgan fingerprint density at radius 1 is 1.13 bits per heavy atom. The first kappa shape index (κ1) is 27.8. The topological polar surface area (TPSA) is 67.4 Å². The highest BCUT2D eigenvalue weighted by Crippen LogP contribution is 2.28. The summed E-state index contributed by atoms with van der Waals surface area (Å²) >= 11 is 0. The Labute approximate surface area is 205 Å². The number of nitrogens with one attached hydrogen (secondary N) is 2. The van der Waals surface area contributed by atoms with Crippen molar-refractivity contribution in [2.45, 2.75) is 46.1 Å². The van der Waals surface area contributed by atoms with Crippen LogP contribution in [0, 0.1) is 0 Å². The summed E-state index contributed by atoms with van der Waals surface area (Å²) in [7, 11) is 1.76. The van der Waals surface area contributed by atoms with E-state index in [1.54, 1.807) is 7.11 Å². The van der Waals surface area contributed by atoms with Crippen molar-refractivity contribution in [2.24, 2.45) is 4.99 Å². The van der Waals surface area contributed by atoms with Crippen molar-refractivity contribution in [3.63, 3.8) is 0 Å². The lowest BCUT2D eigenvalue weighted by molar-refractivity contribution is 0.142. The monoisotopic (exact) mass is 548 g/mol. The summed E-state index contributed by atoms with van der Waals surface area (Å²) in [6.07, 6.45) is 3.34. The predicted molar refractivity (Wildman–Crippen MR) is 138 cm³/mol. The number of hydrogen-bond acceptors (Lipinski definition) is 5. The number of ether oxygens (including phenoxy) is 3. The first-order chi connectivity index (χ1) is 14.7. The molecule has 1 heterocycles. The van der Waals surface area contributed by atoms with Gasteiger partial charge in [0.05, 0.1) is 26.4 Å². The van der Waals surface area contributed by atoms with E-state index in [0.29, 0.717) is 19.3 Å². The summed E-state index contributed by atoms with van der Waals surface area (Å²) in [5.41, 5.74) is 1.21. The number of aliphatic imine (C=N–C) groups is 1. The van der Waals surface area contributed by atoms with Crippen LogP contribution in [0.5, 0.6) is 11.5 Å². The number of hydrogen-bond donors (Lipinski definition) is 2. The molecule has 1 aromatic rings. The van der Waals surface area contributed by atoms with Gasteiger partial charge in [0.1, 0.15) is 0 Å². The molecule has 0 saturated carbocycles. The highest BCUT2D eigenvalue weighted by molar-refractivity contribution is 14.0. The van der Waals surface area contributed by atoms with Gasteiger partial charge in [0.25, 0.3) is 0 Å². The first-order valence-corrected chi connectivity index (χ1v) is 11.3. The Morgan fingerprint density at radius 3 is 2.61 bits per heavy atom. The molecule has 1 fully saturated rings. The van der Waals surface area contributed by atoms with E-state index in [2.05, 4.69) is 34.6 Å². The van der Waals surface area contributed by atoms with Gasteiger partial charge < -0.3 is 24.8 Å². The third-order valence-corrected chi connectivity index (χ3v) is 5.20. The molecule has 1 aliphatic heterocycles. The zero-order valence-electron chi connectivity index (χ0n) is 19.6. The second-order valence-electron chi connectivity index (χ2n) is 7.37. The molecule has 1 saturated heterocycles. The molecule has 0 spiro atoms. The van der Waals surface area contributed by atoms with Crippen LogP contribution < -0.4 is 20.1 Å². The molecule has 178 valence electrons. The van der Waals surface area contributed by atoms with Crippen molar-refractivity contribution < 1.29 is 14.2 Å². The van der Waals surface area contributed by atoms with Crippen molar-refractivity contribution in [1.29, 1.82) is 0 Å². The SMILES string of the molecule is CCNC(=NCC1CCCN1CCOC)NCCc1ccc(OCC)c(OCC)c1.I. The van der Waals surface area contributed by atoms with E-state index in [4.69, 9.17) is 19.2 Å². The number of likely N-dealkylation sites (tertiary alicyclic amines) is 1. The largest absolute Gasteiger partial charge is 0.490 e. The Bertz CT molecular complexity index is 645. The van der Waals surface area contributed by atoms with Gasteiger partial charge in [0.15, 0.2) is 17.5 Å². The first-order valence-electron chi connectivity index (χ1n) is 11.3. The highest BCUT2D eigenvalue weighted by atomic mass is 127. The van der Waals surface area contributed by atoms with Crippen LogP contribution in [0.15, 0.2) is 23.2 Å². The standard InChI is InChI=1S/C23H40N4O3.HI/c1-5-24-23(26-18-20-9-8-14-27(20)15-16-28-4)25-13-12-19-10-11-21(29-6-2)22(17-19)30-7-3;/h10-11,17,20H,5-9,12-16,18H2,1-4H3,(H2,24,25,26);1H. The van der Waals surface area contributed by atoms with Crippen molar-refractivity contribution in [3.8, 4) is 11.5 Å². The maximum Gasteiger partial charge on any atom is 0.191 e. The minimum Gasteiger partial charge on any atom is -0.490 e. The number of methoxy groups -OCH3 is 1. The van der Waals surface area contributed by atoms with Crippen molar-refractivity contribution in [3.05, 3.63) is 23.8 Å². The molecular formula is C23H41IN4O3. The van der Waals surface area contributed by atoms with E-state index < -0.39 is 0 Å². The summed E-state index contributed by atoms with van der Waals surface area (Å²) in [4.78, 5) is 7.33. The smallest absolute Gasteiger partial charge is 0.191 e. The number of halogens is 1. The molecule has 0 aromatic heterocycles. The van der Waals surface area contributed by atoms with E-state index in [0.717, 1.165) is 63.2 Å². The molecule has 8 heteroatoms. The molecule has 7 nitrogen and oxygen atoms in total. The summed E-state index contributed by atoms with van der Waals surface area (Å²) < 4.78 is 16.6. The molecule has 1 aliphatic rings. The Kier molecular flexibility index (Phi) is 14.7. The number of benzene rings is 1. The van der Waals surface area contributed by atoms with E-state index in [1.165, 1.54) is 18.4 Å². The van der Waals surface area contributed by atoms with Crippen molar-refractivity contribution >= 4 is 29.9 Å². The van der Waals surface area contributed by atoms with Gasteiger partial charge in [0.2, 0.25) is 0 Å². The molecule has 2 N–H and O–H groups in total. The number of nitrogens with zero attached hydrogens (tertiary/aromatic N) is 2. The van der Waals surface area contributed by atoms with Crippen LogP contribution in [-0.2, 0) is 11.2 Å². The fraction of sp³-hybridized carbons (Fsp3) is 0.696. The van der Waals surface area contributed by atoms with E-state index >= 15 is 0 Å². The van der Waals surface area contributed by atoms with Crippen LogP contribution in [0.2, 0.25) is 0 Å². The third kappa shape index (κ3) is 9.82. The van der Waals surface area contributed by atoms with Gasteiger partial charge in [-0.15, -0.1) is 24.0 Å². The van der Waals surface area contributed by atoms with Gasteiger partial charge in [-0.25, -0.2) is 0 Å². The van der Waals surface area contributed by atoms with Gasteiger partial charge in [-0.1, -0.05) is 6.07 Å². The lowest BCUT2D eigenvalue weighted by Gasteiger charge is -2.23. The maximum absolute atomic E-state index is 5.73. The van der Waals surface area contributed by atoms with Crippen molar-refractivity contribution in [2.75, 3.05) is 59.7 Å². The van der Waals surface area contributed by atoms with Crippen LogP contribution in [0.25, 0.3) is 0 Å². The molecule has 0 radical (unpaired) electrons. The molecule has 0 bridgehead atoms. The Morgan fingerprint density at radius 2 is 1.90 bits per heavy atom. The van der Waals surface area contributed by atoms with Gasteiger partial charge in [0, 0.05) is 32.8 Å². The summed E-state index contributed by atoms with van der Waals surface area (Å²) in [5, 5.41) is 6.83. The number of guanidine groups is 1. The molecular weight excluding hydrogens is 507 g/mol. The molecule has 0 aliphatic carbocycles. The quantitative estimate of drug-likeness (QED) is 0.224. The maximum atomic E-state index is 5.73. The van der Waals surface area contributed by atoms with Gasteiger partial charge >= 0.3 is 0 Å². The lowest BCUT2D eigenvalue weighted by Crippen LogP contribution is -2.40. The van der Waals surface area contributed by atoms with Crippen LogP contribution >= 0.6 is 24.0 Å². The third-order valence-electron chi connectivity index (χ3n) is 5.20. The summed E-state index contributed by atoms with van der Waals surface area (Å²) in [6.45, 7) is 12.7. The Balaban J connectivity index is 0.00000480. The lowest BCUT2D eigenvalue weighted by atomic mass is 10.1. The van der Waals surface area contributed by atoms with Crippen LogP contribution in [0.3, 0.4) is 0 Å². The molecule has 31 heavy (non-hydrogen) atoms. The van der Waals surface area contributed by atoms with Crippen LogP contribution in [0.1, 0.15) is 39.2 Å². The minimum atomic E-state index is 0. The molecule has 1 aromatic carbocycles. The second-order valence-corrected chi connectivity index (χ2v) is 7.37. The van der Waals surface area contributed by atoms with E-state index in [1.807, 2.05) is 19.9 Å². The zero-order chi connectivity index (χ0) is 21.6. The highest BCUT2D eigenvalue weighted by Gasteiger charge is 2.23. The zero-order valence-corrected chi connectivity index (χ0v) is 21.9. The fourth-order valence-corrected chi connectivity index (χ4v) is 3.72. The van der Waals surface area contributed by atoms with Gasteiger partial charge in [-0.05, 0) is 64.3 Å². The van der Waals surface area contributed by atoms with Crippen molar-refractivity contribution in [1.82, 2.24) is 15.5 Å². The normalized spacial score (nSPS) is 16.6. The molecule has 1 atom stereocenters. The molecule has 1 unspecified atom stereocenters. The molecule has 2 rings (SSSR count).